The molecule has 2 heterocycles. The van der Waals surface area contributed by atoms with E-state index < -0.39 is 0 Å². The summed E-state index contributed by atoms with van der Waals surface area (Å²) >= 11 is 0. The second-order valence-corrected chi connectivity index (χ2v) is 5.03. The predicted octanol–water partition coefficient (Wildman–Crippen LogP) is 3.38. The van der Waals surface area contributed by atoms with Gasteiger partial charge in [0, 0.05) is 30.2 Å². The van der Waals surface area contributed by atoms with Gasteiger partial charge in [-0.25, -0.2) is 0 Å². The molecule has 0 amide bonds. The average Bonchev–Trinajstić information content (AvgIpc) is 2.48. The van der Waals surface area contributed by atoms with Crippen molar-refractivity contribution >= 4 is 16.7 Å². The van der Waals surface area contributed by atoms with Gasteiger partial charge in [0.15, 0.2) is 5.78 Å². The van der Waals surface area contributed by atoms with Crippen LogP contribution >= 0.6 is 0 Å². The van der Waals surface area contributed by atoms with Crippen LogP contribution in [0.25, 0.3) is 10.9 Å². The van der Waals surface area contributed by atoms with E-state index >= 15 is 0 Å². The first-order valence-electron chi connectivity index (χ1n) is 6.82. The molecule has 3 nitrogen and oxygen atoms in total. The summed E-state index contributed by atoms with van der Waals surface area (Å²) in [4.78, 5) is 16.6. The Morgan fingerprint density at radius 3 is 3.05 bits per heavy atom. The van der Waals surface area contributed by atoms with Gasteiger partial charge in [0.25, 0.3) is 0 Å². The van der Waals surface area contributed by atoms with Gasteiger partial charge in [0.1, 0.15) is 0 Å². The van der Waals surface area contributed by atoms with E-state index in [1.165, 1.54) is 0 Å². The van der Waals surface area contributed by atoms with Crippen molar-refractivity contribution in [2.75, 3.05) is 6.61 Å². The van der Waals surface area contributed by atoms with Crippen molar-refractivity contribution in [1.29, 1.82) is 0 Å². The van der Waals surface area contributed by atoms with E-state index in [1.54, 1.807) is 6.20 Å². The van der Waals surface area contributed by atoms with E-state index in [2.05, 4.69) is 4.98 Å². The molecular formula is C16H17NO2. The zero-order valence-electron chi connectivity index (χ0n) is 10.8. The standard InChI is InChI=1S/C16H17NO2/c18-16(10-14-6-3-4-8-19-14)13-9-12-5-1-2-7-15(12)17-11-13/h1-2,5,7,9,11,14H,3-4,6,8,10H2. The normalized spacial score (nSPS) is 19.5. The molecule has 1 aliphatic rings. The van der Waals surface area contributed by atoms with E-state index in [1.807, 2.05) is 30.3 Å². The third kappa shape index (κ3) is 2.82. The zero-order chi connectivity index (χ0) is 13.1. The lowest BCUT2D eigenvalue weighted by Crippen LogP contribution is -2.22. The molecule has 1 unspecified atom stereocenters. The highest BCUT2D eigenvalue weighted by atomic mass is 16.5. The number of nitrogens with zero attached hydrogens (tertiary/aromatic N) is 1. The van der Waals surface area contributed by atoms with E-state index in [0.29, 0.717) is 12.0 Å². The first-order valence-corrected chi connectivity index (χ1v) is 6.82. The molecule has 0 bridgehead atoms. The van der Waals surface area contributed by atoms with Gasteiger partial charge in [0.2, 0.25) is 0 Å². The van der Waals surface area contributed by atoms with Gasteiger partial charge in [-0.3, -0.25) is 9.78 Å². The topological polar surface area (TPSA) is 39.2 Å². The summed E-state index contributed by atoms with van der Waals surface area (Å²) < 4.78 is 5.62. The molecule has 1 aliphatic heterocycles. The Labute approximate surface area is 112 Å². The highest BCUT2D eigenvalue weighted by Gasteiger charge is 2.18. The van der Waals surface area contributed by atoms with Crippen molar-refractivity contribution in [3.63, 3.8) is 0 Å². The maximum Gasteiger partial charge on any atom is 0.167 e. The van der Waals surface area contributed by atoms with Gasteiger partial charge < -0.3 is 4.74 Å². The predicted molar refractivity (Wildman–Crippen MR) is 74.3 cm³/mol. The lowest BCUT2D eigenvalue weighted by Gasteiger charge is -2.21. The molecule has 3 rings (SSSR count). The van der Waals surface area contributed by atoms with Crippen LogP contribution in [0, 0.1) is 0 Å². The van der Waals surface area contributed by atoms with Crippen molar-refractivity contribution in [2.24, 2.45) is 0 Å². The largest absolute Gasteiger partial charge is 0.378 e. The van der Waals surface area contributed by atoms with Crippen molar-refractivity contribution in [3.8, 4) is 0 Å². The Kier molecular flexibility index (Phi) is 3.56. The number of carbonyl (C=O) groups excluding carboxylic acids is 1. The fraction of sp³-hybridized carbons (Fsp3) is 0.375. The fourth-order valence-corrected chi connectivity index (χ4v) is 2.52. The molecule has 1 atom stereocenters. The molecule has 98 valence electrons. The minimum Gasteiger partial charge on any atom is -0.378 e. The second-order valence-electron chi connectivity index (χ2n) is 5.03. The van der Waals surface area contributed by atoms with Gasteiger partial charge in [0.05, 0.1) is 11.6 Å². The number of rotatable bonds is 3. The summed E-state index contributed by atoms with van der Waals surface area (Å²) in [5, 5.41) is 1.01. The number of hydrogen-bond donors (Lipinski definition) is 0. The third-order valence-electron chi connectivity index (χ3n) is 3.60. The molecule has 19 heavy (non-hydrogen) atoms. The number of fused-ring (bicyclic) bond motifs is 1. The van der Waals surface area contributed by atoms with Crippen LogP contribution in [0.2, 0.25) is 0 Å². The molecule has 1 saturated heterocycles. The molecule has 0 aliphatic carbocycles. The third-order valence-corrected chi connectivity index (χ3v) is 3.60. The second kappa shape index (κ2) is 5.49. The van der Waals surface area contributed by atoms with Crippen molar-refractivity contribution in [3.05, 3.63) is 42.1 Å². The van der Waals surface area contributed by atoms with E-state index in [9.17, 15) is 4.79 Å². The molecule has 1 fully saturated rings. The van der Waals surface area contributed by atoms with Crippen LogP contribution in [0.1, 0.15) is 36.0 Å². The van der Waals surface area contributed by atoms with Gasteiger partial charge >= 0.3 is 0 Å². The fourth-order valence-electron chi connectivity index (χ4n) is 2.52. The Morgan fingerprint density at radius 1 is 1.32 bits per heavy atom. The number of ketones is 1. The number of Topliss-reactive ketones (excluding diaryl/α,β-unsaturated/α-hetero) is 1. The van der Waals surface area contributed by atoms with Gasteiger partial charge in [-0.05, 0) is 31.4 Å². The van der Waals surface area contributed by atoms with Gasteiger partial charge in [-0.2, -0.15) is 0 Å². The number of aromatic nitrogens is 1. The molecule has 1 aromatic carbocycles. The number of ether oxygens (including phenoxy) is 1. The van der Waals surface area contributed by atoms with E-state index in [0.717, 1.165) is 36.8 Å². The van der Waals surface area contributed by atoms with Crippen molar-refractivity contribution in [2.45, 2.75) is 31.8 Å². The minimum atomic E-state index is 0.0905. The summed E-state index contributed by atoms with van der Waals surface area (Å²) in [6.07, 6.45) is 5.50. The first-order chi connectivity index (χ1) is 9.33. The molecule has 0 N–H and O–H groups in total. The Hall–Kier alpha value is -1.74. The highest BCUT2D eigenvalue weighted by Crippen LogP contribution is 2.19. The van der Waals surface area contributed by atoms with Crippen LogP contribution in [-0.4, -0.2) is 23.5 Å². The lowest BCUT2D eigenvalue weighted by atomic mass is 10.0. The SMILES string of the molecule is O=C(CC1CCCCO1)c1cnc2ccccc2c1. The number of para-hydroxylation sites is 1. The summed E-state index contributed by atoms with van der Waals surface area (Å²) in [6.45, 7) is 0.786. The van der Waals surface area contributed by atoms with Crippen LogP contribution in [0.5, 0.6) is 0 Å². The molecular weight excluding hydrogens is 238 g/mol. The highest BCUT2D eigenvalue weighted by molar-refractivity contribution is 5.99. The van der Waals surface area contributed by atoms with Crippen molar-refractivity contribution in [1.82, 2.24) is 4.98 Å². The Balaban J connectivity index is 1.77. The summed E-state index contributed by atoms with van der Waals surface area (Å²) in [5.41, 5.74) is 1.61. The van der Waals surface area contributed by atoms with Crippen molar-refractivity contribution < 1.29 is 9.53 Å². The summed E-state index contributed by atoms with van der Waals surface area (Å²) in [6, 6.07) is 9.77. The van der Waals surface area contributed by atoms with Crippen LogP contribution < -0.4 is 0 Å². The smallest absolute Gasteiger partial charge is 0.167 e. The number of carbonyl (C=O) groups is 1. The van der Waals surface area contributed by atoms with E-state index in [-0.39, 0.29) is 11.9 Å². The van der Waals surface area contributed by atoms with Gasteiger partial charge in [-0.1, -0.05) is 18.2 Å². The molecule has 2 aromatic rings. The Bertz CT molecular complexity index is 588. The molecule has 0 radical (unpaired) electrons. The summed E-state index contributed by atoms with van der Waals surface area (Å²) in [7, 11) is 0. The molecule has 3 heteroatoms. The van der Waals surface area contributed by atoms with Crippen LogP contribution in [0.15, 0.2) is 36.5 Å². The van der Waals surface area contributed by atoms with Gasteiger partial charge in [-0.15, -0.1) is 0 Å². The number of hydrogen-bond acceptors (Lipinski definition) is 3. The lowest BCUT2D eigenvalue weighted by molar-refractivity contribution is 0.0129. The molecule has 1 aromatic heterocycles. The molecule has 0 saturated carbocycles. The van der Waals surface area contributed by atoms with E-state index in [4.69, 9.17) is 4.74 Å². The molecule has 0 spiro atoms. The van der Waals surface area contributed by atoms with Crippen LogP contribution in [0.4, 0.5) is 0 Å². The number of pyridine rings is 1. The maximum absolute atomic E-state index is 12.2. The maximum atomic E-state index is 12.2. The Morgan fingerprint density at radius 2 is 2.21 bits per heavy atom. The minimum absolute atomic E-state index is 0.0905. The average molecular weight is 255 g/mol. The van der Waals surface area contributed by atoms with Crippen LogP contribution in [-0.2, 0) is 4.74 Å². The van der Waals surface area contributed by atoms with Crippen LogP contribution in [0.3, 0.4) is 0 Å². The first kappa shape index (κ1) is 12.3. The summed E-state index contributed by atoms with van der Waals surface area (Å²) in [5.74, 6) is 0.130. The zero-order valence-corrected chi connectivity index (χ0v) is 10.8. The quantitative estimate of drug-likeness (QED) is 0.789. The number of benzene rings is 1. The monoisotopic (exact) mass is 255 g/mol.